The Bertz CT molecular complexity index is 673. The van der Waals surface area contributed by atoms with Crippen LogP contribution in [-0.4, -0.2) is 13.4 Å². The summed E-state index contributed by atoms with van der Waals surface area (Å²) in [4.78, 5) is 5.27. The quantitative estimate of drug-likeness (QED) is 0.867. The van der Waals surface area contributed by atoms with E-state index in [0.29, 0.717) is 11.5 Å². The number of aromatic nitrogens is 1. The number of aryl methyl sites for hydroxylation is 2. The number of furan rings is 1. The van der Waals surface area contributed by atoms with Crippen LogP contribution in [0.15, 0.2) is 21.6 Å². The standard InChI is InChI=1S/C11H15N3O3S2/c1-7-5-13-11(18-7)6-14-19(15,16)10-3-9(4-12)17-8(10)2/h3,5,14H,4,6,12H2,1-2H3. The molecule has 104 valence electrons. The summed E-state index contributed by atoms with van der Waals surface area (Å²) in [6, 6.07) is 1.45. The predicted molar refractivity (Wildman–Crippen MR) is 72.2 cm³/mol. The van der Waals surface area contributed by atoms with E-state index < -0.39 is 10.0 Å². The van der Waals surface area contributed by atoms with Gasteiger partial charge in [0.05, 0.1) is 13.1 Å². The zero-order valence-corrected chi connectivity index (χ0v) is 12.3. The van der Waals surface area contributed by atoms with Crippen molar-refractivity contribution in [2.24, 2.45) is 5.73 Å². The molecule has 2 heterocycles. The lowest BCUT2D eigenvalue weighted by atomic mass is 10.4. The first-order valence-corrected chi connectivity index (χ1v) is 7.92. The fourth-order valence-corrected chi connectivity index (χ4v) is 3.62. The second kappa shape index (κ2) is 5.41. The Morgan fingerprint density at radius 3 is 2.74 bits per heavy atom. The number of hydrogen-bond donors (Lipinski definition) is 2. The summed E-state index contributed by atoms with van der Waals surface area (Å²) in [7, 11) is -3.60. The SMILES string of the molecule is Cc1cnc(CNS(=O)(=O)c2cc(CN)oc2C)s1. The van der Waals surface area contributed by atoms with Gasteiger partial charge < -0.3 is 10.2 Å². The highest BCUT2D eigenvalue weighted by molar-refractivity contribution is 7.89. The zero-order chi connectivity index (χ0) is 14.0. The van der Waals surface area contributed by atoms with Crippen LogP contribution in [0.5, 0.6) is 0 Å². The minimum absolute atomic E-state index is 0.126. The van der Waals surface area contributed by atoms with Crippen molar-refractivity contribution in [2.45, 2.75) is 31.8 Å². The van der Waals surface area contributed by atoms with Gasteiger partial charge in [-0.2, -0.15) is 0 Å². The van der Waals surface area contributed by atoms with Crippen LogP contribution in [0.25, 0.3) is 0 Å². The van der Waals surface area contributed by atoms with Gasteiger partial charge in [0.2, 0.25) is 10.0 Å². The third kappa shape index (κ3) is 3.21. The molecule has 0 amide bonds. The molecule has 0 atom stereocenters. The van der Waals surface area contributed by atoms with E-state index in [0.717, 1.165) is 9.88 Å². The first-order chi connectivity index (χ1) is 8.92. The maximum atomic E-state index is 12.1. The van der Waals surface area contributed by atoms with E-state index in [4.69, 9.17) is 10.2 Å². The Morgan fingerprint density at radius 1 is 1.47 bits per heavy atom. The van der Waals surface area contributed by atoms with Crippen molar-refractivity contribution in [3.8, 4) is 0 Å². The van der Waals surface area contributed by atoms with Crippen molar-refractivity contribution in [3.05, 3.63) is 33.7 Å². The number of nitrogens with two attached hydrogens (primary N) is 1. The van der Waals surface area contributed by atoms with Crippen molar-refractivity contribution in [3.63, 3.8) is 0 Å². The van der Waals surface area contributed by atoms with Gasteiger partial charge in [-0.25, -0.2) is 18.1 Å². The van der Waals surface area contributed by atoms with E-state index in [1.165, 1.54) is 17.4 Å². The molecule has 0 aromatic carbocycles. The van der Waals surface area contributed by atoms with E-state index in [1.54, 1.807) is 13.1 Å². The average Bonchev–Trinajstić information content (AvgIpc) is 2.93. The largest absolute Gasteiger partial charge is 0.464 e. The topological polar surface area (TPSA) is 98.2 Å². The van der Waals surface area contributed by atoms with Gasteiger partial charge in [-0.05, 0) is 13.8 Å². The van der Waals surface area contributed by atoms with Crippen molar-refractivity contribution in [2.75, 3.05) is 0 Å². The molecule has 0 aliphatic rings. The van der Waals surface area contributed by atoms with Gasteiger partial charge in [0.25, 0.3) is 0 Å². The van der Waals surface area contributed by atoms with Gasteiger partial charge in [0.15, 0.2) is 0 Å². The highest BCUT2D eigenvalue weighted by Crippen LogP contribution is 2.20. The molecule has 0 aliphatic carbocycles. The van der Waals surface area contributed by atoms with Gasteiger partial charge in [0, 0.05) is 17.1 Å². The van der Waals surface area contributed by atoms with Gasteiger partial charge in [-0.15, -0.1) is 11.3 Å². The Hall–Kier alpha value is -1.22. The molecule has 2 rings (SSSR count). The lowest BCUT2D eigenvalue weighted by Gasteiger charge is -2.03. The van der Waals surface area contributed by atoms with Crippen molar-refractivity contribution in [1.82, 2.24) is 9.71 Å². The smallest absolute Gasteiger partial charge is 0.244 e. The summed E-state index contributed by atoms with van der Waals surface area (Å²) in [6.07, 6.45) is 1.71. The highest BCUT2D eigenvalue weighted by atomic mass is 32.2. The molecule has 0 radical (unpaired) electrons. The number of nitrogens with one attached hydrogen (secondary N) is 1. The molecule has 0 spiro atoms. The molecule has 19 heavy (non-hydrogen) atoms. The monoisotopic (exact) mass is 301 g/mol. The van der Waals surface area contributed by atoms with Crippen LogP contribution in [0.4, 0.5) is 0 Å². The Kier molecular flexibility index (Phi) is 4.04. The minimum Gasteiger partial charge on any atom is -0.464 e. The third-order valence-electron chi connectivity index (χ3n) is 2.50. The van der Waals surface area contributed by atoms with Crippen LogP contribution in [0.2, 0.25) is 0 Å². The van der Waals surface area contributed by atoms with Gasteiger partial charge >= 0.3 is 0 Å². The van der Waals surface area contributed by atoms with Crippen molar-refractivity contribution >= 4 is 21.4 Å². The number of thiazole rings is 1. The summed E-state index contributed by atoms with van der Waals surface area (Å²) < 4.78 is 32.0. The second-order valence-electron chi connectivity index (χ2n) is 4.03. The molecular formula is C11H15N3O3S2. The van der Waals surface area contributed by atoms with E-state index in [-0.39, 0.29) is 18.0 Å². The summed E-state index contributed by atoms with van der Waals surface area (Å²) in [5.41, 5.74) is 5.43. The normalized spacial score (nSPS) is 11.9. The molecule has 2 aromatic rings. The summed E-state index contributed by atoms with van der Waals surface area (Å²) in [5.74, 6) is 0.784. The fraction of sp³-hybridized carbons (Fsp3) is 0.364. The van der Waals surface area contributed by atoms with Crippen LogP contribution in [0.1, 0.15) is 21.4 Å². The van der Waals surface area contributed by atoms with Crippen LogP contribution in [0.3, 0.4) is 0 Å². The molecule has 8 heteroatoms. The Morgan fingerprint density at radius 2 is 2.21 bits per heavy atom. The van der Waals surface area contributed by atoms with E-state index in [9.17, 15) is 8.42 Å². The lowest BCUT2D eigenvalue weighted by molar-refractivity contribution is 0.478. The van der Waals surface area contributed by atoms with Crippen molar-refractivity contribution in [1.29, 1.82) is 0 Å². The minimum atomic E-state index is -3.60. The molecule has 0 saturated heterocycles. The molecule has 0 unspecified atom stereocenters. The first-order valence-electron chi connectivity index (χ1n) is 5.62. The van der Waals surface area contributed by atoms with E-state index >= 15 is 0 Å². The van der Waals surface area contributed by atoms with Crippen molar-refractivity contribution < 1.29 is 12.8 Å². The molecule has 0 aliphatic heterocycles. The van der Waals surface area contributed by atoms with Crippen LogP contribution >= 0.6 is 11.3 Å². The van der Waals surface area contributed by atoms with Crippen LogP contribution in [0, 0.1) is 13.8 Å². The highest BCUT2D eigenvalue weighted by Gasteiger charge is 2.21. The number of hydrogen-bond acceptors (Lipinski definition) is 6. The fourth-order valence-electron chi connectivity index (χ4n) is 1.61. The van der Waals surface area contributed by atoms with Gasteiger partial charge in [-0.3, -0.25) is 0 Å². The molecule has 0 bridgehead atoms. The van der Waals surface area contributed by atoms with Crippen LogP contribution in [-0.2, 0) is 23.1 Å². The van der Waals surface area contributed by atoms with Gasteiger partial charge in [0.1, 0.15) is 21.4 Å². The average molecular weight is 301 g/mol. The summed E-state index contributed by atoms with van der Waals surface area (Å²) in [5, 5.41) is 0.723. The first kappa shape index (κ1) is 14.2. The molecule has 2 aromatic heterocycles. The number of sulfonamides is 1. The second-order valence-corrected chi connectivity index (χ2v) is 7.08. The molecule has 3 N–H and O–H groups in total. The third-order valence-corrected chi connectivity index (χ3v) is 4.92. The molecule has 6 nitrogen and oxygen atoms in total. The molecule has 0 saturated carbocycles. The Labute approximate surface area is 115 Å². The zero-order valence-electron chi connectivity index (χ0n) is 10.6. The summed E-state index contributed by atoms with van der Waals surface area (Å²) in [6.45, 7) is 3.86. The molecular weight excluding hydrogens is 286 g/mol. The van der Waals surface area contributed by atoms with Crippen LogP contribution < -0.4 is 10.5 Å². The summed E-state index contributed by atoms with van der Waals surface area (Å²) >= 11 is 1.46. The van der Waals surface area contributed by atoms with E-state index in [2.05, 4.69) is 9.71 Å². The van der Waals surface area contributed by atoms with Gasteiger partial charge in [-0.1, -0.05) is 0 Å². The number of rotatable bonds is 5. The lowest BCUT2D eigenvalue weighted by Crippen LogP contribution is -2.23. The maximum absolute atomic E-state index is 12.1. The Balaban J connectivity index is 2.15. The predicted octanol–water partition coefficient (Wildman–Crippen LogP) is 1.29. The maximum Gasteiger partial charge on any atom is 0.244 e. The number of nitrogens with zero attached hydrogens (tertiary/aromatic N) is 1. The molecule has 0 fully saturated rings. The van der Waals surface area contributed by atoms with E-state index in [1.807, 2.05) is 6.92 Å².